The summed E-state index contributed by atoms with van der Waals surface area (Å²) in [5.41, 5.74) is 1.07. The third-order valence-electron chi connectivity index (χ3n) is 3.27. The molecule has 22 heavy (non-hydrogen) atoms. The average molecular weight is 336 g/mol. The van der Waals surface area contributed by atoms with Gasteiger partial charge in [-0.1, -0.05) is 29.3 Å². The molecule has 1 N–H and O–H groups in total. The maximum absolute atomic E-state index is 13.2. The lowest BCUT2D eigenvalue weighted by Crippen LogP contribution is -1.97. The molecular weight excluding hydrogens is 328 g/mol. The molecule has 0 saturated carbocycles. The molecule has 1 aromatic heterocycles. The van der Waals surface area contributed by atoms with Crippen LogP contribution in [0.1, 0.15) is 10.4 Å². The maximum Gasteiger partial charge on any atom is 0.335 e. The van der Waals surface area contributed by atoms with Gasteiger partial charge in [0, 0.05) is 22.5 Å². The van der Waals surface area contributed by atoms with E-state index >= 15 is 0 Å². The molecule has 110 valence electrons. The minimum absolute atomic E-state index is 0.107. The van der Waals surface area contributed by atoms with Crippen LogP contribution in [0, 0.1) is 5.82 Å². The number of carbonyl (C=O) groups is 1. The first-order chi connectivity index (χ1) is 10.5. The van der Waals surface area contributed by atoms with E-state index in [0.717, 1.165) is 0 Å². The molecule has 0 fully saturated rings. The first-order valence-corrected chi connectivity index (χ1v) is 7.00. The van der Waals surface area contributed by atoms with Crippen molar-refractivity contribution in [3.05, 3.63) is 64.0 Å². The Balaban J connectivity index is 2.35. The van der Waals surface area contributed by atoms with Gasteiger partial charge in [0.25, 0.3) is 0 Å². The van der Waals surface area contributed by atoms with Gasteiger partial charge in [0.1, 0.15) is 5.82 Å². The monoisotopic (exact) mass is 335 g/mol. The van der Waals surface area contributed by atoms with Crippen LogP contribution < -0.4 is 0 Å². The zero-order valence-electron chi connectivity index (χ0n) is 11.0. The number of nitrogens with zero attached hydrogens (tertiary/aromatic N) is 1. The minimum Gasteiger partial charge on any atom is -0.478 e. The molecule has 0 aliphatic heterocycles. The molecule has 3 nitrogen and oxygen atoms in total. The van der Waals surface area contributed by atoms with Gasteiger partial charge in [0.2, 0.25) is 0 Å². The molecule has 0 amide bonds. The molecule has 0 radical (unpaired) electrons. The maximum atomic E-state index is 13.2. The molecule has 0 bridgehead atoms. The Morgan fingerprint density at radius 2 is 1.82 bits per heavy atom. The molecular formula is C16H8Cl2FNO2. The Labute approximate surface area is 134 Å². The lowest BCUT2D eigenvalue weighted by Gasteiger charge is -2.10. The zero-order chi connectivity index (χ0) is 15.9. The van der Waals surface area contributed by atoms with Crippen molar-refractivity contribution >= 4 is 39.9 Å². The van der Waals surface area contributed by atoms with Gasteiger partial charge in [0.05, 0.1) is 21.3 Å². The second-order valence-corrected chi connectivity index (χ2v) is 5.46. The van der Waals surface area contributed by atoms with E-state index in [1.807, 2.05) is 0 Å². The molecule has 0 saturated heterocycles. The van der Waals surface area contributed by atoms with E-state index in [9.17, 15) is 9.18 Å². The Kier molecular flexibility index (Phi) is 3.72. The predicted octanol–water partition coefficient (Wildman–Crippen LogP) is 5.05. The summed E-state index contributed by atoms with van der Waals surface area (Å²) in [7, 11) is 0. The summed E-state index contributed by atoms with van der Waals surface area (Å²) in [6.07, 6.45) is 1.46. The number of aromatic carboxylic acids is 1. The summed E-state index contributed by atoms with van der Waals surface area (Å²) < 4.78 is 13.2. The van der Waals surface area contributed by atoms with Crippen LogP contribution in [-0.2, 0) is 0 Å². The van der Waals surface area contributed by atoms with Crippen molar-refractivity contribution in [2.24, 2.45) is 0 Å². The number of benzene rings is 2. The van der Waals surface area contributed by atoms with E-state index in [2.05, 4.69) is 4.98 Å². The number of aromatic nitrogens is 1. The summed E-state index contributed by atoms with van der Waals surface area (Å²) in [6, 6.07) is 8.51. The lowest BCUT2D eigenvalue weighted by atomic mass is 10.0. The fourth-order valence-electron chi connectivity index (χ4n) is 2.24. The van der Waals surface area contributed by atoms with Gasteiger partial charge in [-0.3, -0.25) is 4.98 Å². The van der Waals surface area contributed by atoms with Crippen molar-refractivity contribution in [2.75, 3.05) is 0 Å². The van der Waals surface area contributed by atoms with E-state index in [1.54, 1.807) is 6.07 Å². The van der Waals surface area contributed by atoms with Crippen LogP contribution in [0.25, 0.3) is 22.0 Å². The highest BCUT2D eigenvalue weighted by Crippen LogP contribution is 2.35. The standard InChI is InChI=1S/C16H8Cl2FNO2/c17-13-6-9(19)2-4-11(13)15-12-5-8(16(21)22)1-3-10(12)14(18)7-20-15/h1-7H,(H,21,22). The molecule has 0 spiro atoms. The molecule has 3 aromatic rings. The number of rotatable bonds is 2. The van der Waals surface area contributed by atoms with Crippen molar-refractivity contribution in [2.45, 2.75) is 0 Å². The largest absolute Gasteiger partial charge is 0.478 e. The van der Waals surface area contributed by atoms with Gasteiger partial charge in [-0.15, -0.1) is 0 Å². The van der Waals surface area contributed by atoms with E-state index < -0.39 is 11.8 Å². The normalized spacial score (nSPS) is 10.9. The van der Waals surface area contributed by atoms with E-state index in [-0.39, 0.29) is 10.6 Å². The molecule has 6 heteroatoms. The first-order valence-electron chi connectivity index (χ1n) is 6.24. The number of hydrogen-bond acceptors (Lipinski definition) is 2. The number of pyridine rings is 1. The first kappa shape index (κ1) is 14.8. The van der Waals surface area contributed by atoms with Crippen molar-refractivity contribution < 1.29 is 14.3 Å². The Morgan fingerprint density at radius 1 is 1.05 bits per heavy atom. The smallest absolute Gasteiger partial charge is 0.335 e. The number of carboxylic acid groups (broad SMARTS) is 1. The highest BCUT2D eigenvalue weighted by molar-refractivity contribution is 6.36. The van der Waals surface area contributed by atoms with Crippen molar-refractivity contribution in [1.82, 2.24) is 4.98 Å². The predicted molar refractivity (Wildman–Crippen MR) is 84.1 cm³/mol. The molecule has 2 aromatic carbocycles. The zero-order valence-corrected chi connectivity index (χ0v) is 12.5. The van der Waals surface area contributed by atoms with Gasteiger partial charge in [0.15, 0.2) is 0 Å². The third-order valence-corrected chi connectivity index (χ3v) is 3.89. The fraction of sp³-hybridized carbons (Fsp3) is 0. The summed E-state index contributed by atoms with van der Waals surface area (Å²) in [5.74, 6) is -1.52. The van der Waals surface area contributed by atoms with Gasteiger partial charge in [-0.25, -0.2) is 9.18 Å². The van der Waals surface area contributed by atoms with Gasteiger partial charge >= 0.3 is 5.97 Å². The van der Waals surface area contributed by atoms with Crippen LogP contribution in [0.5, 0.6) is 0 Å². The lowest BCUT2D eigenvalue weighted by molar-refractivity contribution is 0.0697. The second kappa shape index (κ2) is 5.55. The van der Waals surface area contributed by atoms with Crippen molar-refractivity contribution in [1.29, 1.82) is 0 Å². The van der Waals surface area contributed by atoms with Crippen LogP contribution >= 0.6 is 23.2 Å². The topological polar surface area (TPSA) is 50.2 Å². The van der Waals surface area contributed by atoms with Crippen molar-refractivity contribution in [3.8, 4) is 11.3 Å². The Hall–Kier alpha value is -2.17. The number of hydrogen-bond donors (Lipinski definition) is 1. The number of halogens is 3. The van der Waals surface area contributed by atoms with E-state index in [4.69, 9.17) is 28.3 Å². The summed E-state index contributed by atoms with van der Waals surface area (Å²) in [5, 5.41) is 10.9. The SMILES string of the molecule is O=C(O)c1ccc2c(Cl)cnc(-c3ccc(F)cc3Cl)c2c1. The fourth-order valence-corrected chi connectivity index (χ4v) is 2.71. The van der Waals surface area contributed by atoms with E-state index in [1.165, 1.54) is 36.5 Å². The van der Waals surface area contributed by atoms with E-state index in [0.29, 0.717) is 27.1 Å². The number of carboxylic acids is 1. The third kappa shape index (κ3) is 2.51. The molecule has 0 aliphatic rings. The van der Waals surface area contributed by atoms with Crippen LogP contribution in [0.4, 0.5) is 4.39 Å². The van der Waals surface area contributed by atoms with Crippen LogP contribution in [0.2, 0.25) is 10.0 Å². The van der Waals surface area contributed by atoms with Crippen LogP contribution in [0.3, 0.4) is 0 Å². The molecule has 0 unspecified atom stereocenters. The summed E-state index contributed by atoms with van der Waals surface area (Å²) in [6.45, 7) is 0. The second-order valence-electron chi connectivity index (χ2n) is 4.64. The highest BCUT2D eigenvalue weighted by atomic mass is 35.5. The molecule has 0 aliphatic carbocycles. The average Bonchev–Trinajstić information content (AvgIpc) is 2.48. The quantitative estimate of drug-likeness (QED) is 0.713. The highest BCUT2D eigenvalue weighted by Gasteiger charge is 2.14. The van der Waals surface area contributed by atoms with Crippen molar-refractivity contribution in [3.63, 3.8) is 0 Å². The molecule has 1 heterocycles. The van der Waals surface area contributed by atoms with Gasteiger partial charge in [-0.05, 0) is 30.3 Å². The summed E-state index contributed by atoms with van der Waals surface area (Å²) >= 11 is 12.2. The Bertz CT molecular complexity index is 912. The summed E-state index contributed by atoms with van der Waals surface area (Å²) in [4.78, 5) is 15.4. The minimum atomic E-state index is -1.06. The van der Waals surface area contributed by atoms with Crippen LogP contribution in [0.15, 0.2) is 42.6 Å². The van der Waals surface area contributed by atoms with Gasteiger partial charge in [-0.2, -0.15) is 0 Å². The number of fused-ring (bicyclic) bond motifs is 1. The van der Waals surface area contributed by atoms with Crippen LogP contribution in [-0.4, -0.2) is 16.1 Å². The Morgan fingerprint density at radius 3 is 2.50 bits per heavy atom. The van der Waals surface area contributed by atoms with Gasteiger partial charge < -0.3 is 5.11 Å². The molecule has 3 rings (SSSR count). The molecule has 0 atom stereocenters.